The molecule has 0 fully saturated rings. The van der Waals surface area contributed by atoms with Crippen LogP contribution in [0.3, 0.4) is 0 Å². The van der Waals surface area contributed by atoms with Crippen molar-refractivity contribution in [2.75, 3.05) is 6.61 Å². The van der Waals surface area contributed by atoms with Crippen LogP contribution < -0.4 is 15.1 Å². The maximum Gasteiger partial charge on any atom is 0.122 e. The van der Waals surface area contributed by atoms with Gasteiger partial charge in [-0.05, 0) is 91.6 Å². The third-order valence-corrected chi connectivity index (χ3v) is 16.7. The fourth-order valence-corrected chi connectivity index (χ4v) is 14.4. The Morgan fingerprint density at radius 1 is 0.740 bits per heavy atom. The highest BCUT2D eigenvalue weighted by atomic mass is 28.3. The molecule has 3 heteroatoms. The molecule has 1 aliphatic rings. The molecule has 0 bridgehead atoms. The normalized spacial score (nSPS) is 13.0. The van der Waals surface area contributed by atoms with Crippen molar-refractivity contribution in [1.29, 1.82) is 0 Å². The Labute approximate surface area is 305 Å². The van der Waals surface area contributed by atoms with E-state index in [1.165, 1.54) is 71.9 Å². The van der Waals surface area contributed by atoms with Gasteiger partial charge >= 0.3 is 0 Å². The minimum Gasteiger partial charge on any atom is -0.489 e. The second kappa shape index (κ2) is 14.0. The number of rotatable bonds is 10. The van der Waals surface area contributed by atoms with E-state index in [1.807, 2.05) is 6.08 Å². The van der Waals surface area contributed by atoms with Gasteiger partial charge in [-0.1, -0.05) is 175 Å². The minimum absolute atomic E-state index is 0.0469. The second-order valence-electron chi connectivity index (χ2n) is 16.2. The summed E-state index contributed by atoms with van der Waals surface area (Å²) in [6, 6.07) is 35.3. The monoisotopic (exact) mass is 692 g/mol. The minimum atomic E-state index is -2.37. The molecule has 0 aliphatic heterocycles. The fourth-order valence-electron chi connectivity index (χ4n) is 8.57. The number of aryl methyl sites for hydroxylation is 3. The van der Waals surface area contributed by atoms with Crippen LogP contribution in [0.2, 0.25) is 26.2 Å². The maximum atomic E-state index is 6.89. The number of fused-ring (bicyclic) bond motifs is 3. The van der Waals surface area contributed by atoms with Gasteiger partial charge in [0.25, 0.3) is 0 Å². The van der Waals surface area contributed by atoms with Gasteiger partial charge in [-0.3, -0.25) is 0 Å². The zero-order valence-electron chi connectivity index (χ0n) is 32.1. The highest BCUT2D eigenvalue weighted by Crippen LogP contribution is 2.51. The van der Waals surface area contributed by atoms with Crippen molar-refractivity contribution in [3.63, 3.8) is 0 Å². The SMILES string of the molecule is C=CCOc1c([Si](C)(C)C2c3cc(-c4cccc(CC)c4)ccc3-c3ccc(-c4cccc(CC)c4)cc32)cc(C)c([SiH](C)C)c1C(C)(C)C. The molecule has 0 heterocycles. The van der Waals surface area contributed by atoms with E-state index in [-0.39, 0.29) is 11.0 Å². The molecule has 50 heavy (non-hydrogen) atoms. The molecular formula is C47H56OSi2. The molecule has 0 spiro atoms. The van der Waals surface area contributed by atoms with Crippen molar-refractivity contribution in [3.8, 4) is 39.1 Å². The molecule has 1 nitrogen and oxygen atoms in total. The number of hydrogen-bond donors (Lipinski definition) is 0. The predicted octanol–water partition coefficient (Wildman–Crippen LogP) is 11.3. The van der Waals surface area contributed by atoms with Crippen LogP contribution in [0.4, 0.5) is 0 Å². The molecule has 0 unspecified atom stereocenters. The van der Waals surface area contributed by atoms with Gasteiger partial charge in [0.1, 0.15) is 12.4 Å². The maximum absolute atomic E-state index is 6.89. The van der Waals surface area contributed by atoms with Crippen LogP contribution in [0, 0.1) is 6.92 Å². The first-order chi connectivity index (χ1) is 23.8. The summed E-state index contributed by atoms with van der Waals surface area (Å²) in [7, 11) is -3.54. The first kappa shape index (κ1) is 35.9. The summed E-state index contributed by atoms with van der Waals surface area (Å²) in [5, 5.41) is 2.99. The summed E-state index contributed by atoms with van der Waals surface area (Å²) in [4.78, 5) is 0. The lowest BCUT2D eigenvalue weighted by Gasteiger charge is -2.38. The van der Waals surface area contributed by atoms with Crippen molar-refractivity contribution in [2.24, 2.45) is 0 Å². The lowest BCUT2D eigenvalue weighted by molar-refractivity contribution is 0.354. The smallest absolute Gasteiger partial charge is 0.122 e. The average Bonchev–Trinajstić information content (AvgIpc) is 3.43. The summed E-state index contributed by atoms with van der Waals surface area (Å²) in [5.41, 5.74) is 16.7. The van der Waals surface area contributed by atoms with E-state index in [4.69, 9.17) is 4.74 Å². The zero-order chi connectivity index (χ0) is 36.0. The highest BCUT2D eigenvalue weighted by molar-refractivity contribution is 6.92. The lowest BCUT2D eigenvalue weighted by Crippen LogP contribution is -2.51. The predicted molar refractivity (Wildman–Crippen MR) is 225 cm³/mol. The molecule has 0 atom stereocenters. The van der Waals surface area contributed by atoms with Crippen LogP contribution in [0.25, 0.3) is 33.4 Å². The van der Waals surface area contributed by atoms with Gasteiger partial charge in [0.15, 0.2) is 0 Å². The largest absolute Gasteiger partial charge is 0.489 e. The third-order valence-electron chi connectivity index (χ3n) is 11.0. The van der Waals surface area contributed by atoms with Crippen molar-refractivity contribution >= 4 is 27.2 Å². The van der Waals surface area contributed by atoms with Gasteiger partial charge < -0.3 is 4.74 Å². The fraction of sp³-hybridized carbons (Fsp3) is 0.319. The van der Waals surface area contributed by atoms with Gasteiger partial charge in [-0.2, -0.15) is 0 Å². The third kappa shape index (κ3) is 6.51. The summed E-state index contributed by atoms with van der Waals surface area (Å²) in [6.07, 6.45) is 3.98. The van der Waals surface area contributed by atoms with E-state index in [0.717, 1.165) is 18.6 Å². The van der Waals surface area contributed by atoms with Crippen LogP contribution in [-0.4, -0.2) is 23.5 Å². The van der Waals surface area contributed by atoms with E-state index < -0.39 is 16.9 Å². The molecule has 5 aromatic carbocycles. The number of hydrogen-bond acceptors (Lipinski definition) is 1. The van der Waals surface area contributed by atoms with Crippen LogP contribution in [0.15, 0.2) is 104 Å². The summed E-state index contributed by atoms with van der Waals surface area (Å²) >= 11 is 0. The average molecular weight is 693 g/mol. The summed E-state index contributed by atoms with van der Waals surface area (Å²) < 4.78 is 6.89. The van der Waals surface area contributed by atoms with Crippen molar-refractivity contribution in [2.45, 2.75) is 91.5 Å². The molecule has 0 radical (unpaired) electrons. The van der Waals surface area contributed by atoms with E-state index >= 15 is 0 Å². The van der Waals surface area contributed by atoms with Crippen molar-refractivity contribution in [1.82, 2.24) is 0 Å². The first-order valence-electron chi connectivity index (χ1n) is 18.7. The van der Waals surface area contributed by atoms with E-state index in [2.05, 4.69) is 165 Å². The molecule has 5 aromatic rings. The quantitative estimate of drug-likeness (QED) is 0.105. The Morgan fingerprint density at radius 3 is 1.68 bits per heavy atom. The first-order valence-corrected chi connectivity index (χ1v) is 24.7. The molecule has 0 aromatic heterocycles. The Kier molecular flexibility index (Phi) is 10.0. The Morgan fingerprint density at radius 2 is 1.24 bits per heavy atom. The Bertz CT molecular complexity index is 1960. The molecule has 258 valence electrons. The van der Waals surface area contributed by atoms with E-state index in [0.29, 0.717) is 6.61 Å². The summed E-state index contributed by atoms with van der Waals surface area (Å²) in [6.45, 7) is 28.6. The topological polar surface area (TPSA) is 9.23 Å². The second-order valence-corrected chi connectivity index (χ2v) is 23.7. The van der Waals surface area contributed by atoms with Crippen molar-refractivity contribution in [3.05, 3.63) is 137 Å². The zero-order valence-corrected chi connectivity index (χ0v) is 34.3. The molecule has 0 saturated heterocycles. The number of ether oxygens (including phenoxy) is 1. The molecule has 1 aliphatic carbocycles. The van der Waals surface area contributed by atoms with Crippen LogP contribution >= 0.6 is 0 Å². The molecule has 0 saturated carbocycles. The van der Waals surface area contributed by atoms with Crippen LogP contribution in [-0.2, 0) is 18.3 Å². The molecule has 0 N–H and O–H groups in total. The Hall–Kier alpha value is -3.93. The number of benzene rings is 5. The van der Waals surface area contributed by atoms with Gasteiger partial charge in [0.2, 0.25) is 0 Å². The van der Waals surface area contributed by atoms with Crippen molar-refractivity contribution < 1.29 is 4.74 Å². The van der Waals surface area contributed by atoms with Gasteiger partial charge in [-0.25, -0.2) is 0 Å². The molecule has 0 amide bonds. The van der Waals surface area contributed by atoms with Crippen LogP contribution in [0.1, 0.15) is 73.5 Å². The highest BCUT2D eigenvalue weighted by Gasteiger charge is 2.45. The summed E-state index contributed by atoms with van der Waals surface area (Å²) in [5.74, 6) is 1.13. The molecule has 6 rings (SSSR count). The Balaban J connectivity index is 1.64. The van der Waals surface area contributed by atoms with Gasteiger partial charge in [-0.15, -0.1) is 0 Å². The van der Waals surface area contributed by atoms with Gasteiger partial charge in [0, 0.05) is 5.54 Å². The van der Waals surface area contributed by atoms with Gasteiger partial charge in [0.05, 0.1) is 16.9 Å². The van der Waals surface area contributed by atoms with E-state index in [9.17, 15) is 0 Å². The molecular weight excluding hydrogens is 637 g/mol. The standard InChI is InChI=1S/C47H56OSi2/c1-12-25-48-44-42(26-31(4)45(49(8)9)43(44)47(5,6)7)50(10,11)46-40-29-36(34-19-15-17-32(13-2)27-34)21-23-38(40)39-24-22-37(30-41(39)46)35-20-16-18-33(14-3)28-35/h12,15-24,26-30,46,49H,1,13-14,25H2,2-11H3. The lowest BCUT2D eigenvalue weighted by atomic mass is 9.85. The van der Waals surface area contributed by atoms with E-state index in [1.54, 1.807) is 5.19 Å². The van der Waals surface area contributed by atoms with Crippen LogP contribution in [0.5, 0.6) is 5.75 Å².